The minimum absolute atomic E-state index is 0.0324. The Morgan fingerprint density at radius 1 is 1.21 bits per heavy atom. The molecule has 1 atom stereocenters. The first-order valence-electron chi connectivity index (χ1n) is 10.6. The van der Waals surface area contributed by atoms with Crippen molar-refractivity contribution >= 4 is 21.7 Å². The van der Waals surface area contributed by atoms with Gasteiger partial charge in [-0.3, -0.25) is 4.31 Å². The molecule has 0 bridgehead atoms. The van der Waals surface area contributed by atoms with Crippen LogP contribution in [-0.4, -0.2) is 38.8 Å². The van der Waals surface area contributed by atoms with E-state index >= 15 is 0 Å². The van der Waals surface area contributed by atoms with Crippen molar-refractivity contribution in [1.82, 2.24) is 0 Å². The molecule has 1 aromatic heterocycles. The van der Waals surface area contributed by atoms with E-state index in [1.807, 2.05) is 0 Å². The average Bonchev–Trinajstić information content (AvgIpc) is 3.44. The number of furan rings is 1. The molecule has 0 saturated carbocycles. The molecule has 1 aliphatic rings. The van der Waals surface area contributed by atoms with E-state index in [-0.39, 0.29) is 28.7 Å². The molecule has 2 heterocycles. The van der Waals surface area contributed by atoms with E-state index in [2.05, 4.69) is 0 Å². The predicted octanol–water partition coefficient (Wildman–Crippen LogP) is 4.35. The van der Waals surface area contributed by atoms with Crippen LogP contribution in [0.5, 0.6) is 11.5 Å². The Bertz CT molecular complexity index is 1300. The van der Waals surface area contributed by atoms with Crippen molar-refractivity contribution in [2.75, 3.05) is 17.5 Å². The second-order valence-corrected chi connectivity index (χ2v) is 9.79. The lowest BCUT2D eigenvalue weighted by Gasteiger charge is -2.26. The number of carboxylic acid groups (broad SMARTS) is 1. The second-order valence-electron chi connectivity index (χ2n) is 8.00. The monoisotopic (exact) mass is 489 g/mol. The van der Waals surface area contributed by atoms with Gasteiger partial charge in [0.2, 0.25) is 5.09 Å². The summed E-state index contributed by atoms with van der Waals surface area (Å²) in [6, 6.07) is 12.2. The number of carboxylic acids is 1. The molecule has 0 fully saturated rings. The highest BCUT2D eigenvalue weighted by molar-refractivity contribution is 7.92. The van der Waals surface area contributed by atoms with E-state index in [9.17, 15) is 17.6 Å². The van der Waals surface area contributed by atoms with E-state index in [1.54, 1.807) is 31.2 Å². The summed E-state index contributed by atoms with van der Waals surface area (Å²) in [6.07, 6.45) is -0.884. The lowest BCUT2D eigenvalue weighted by molar-refractivity contribution is 0.0696. The lowest BCUT2D eigenvalue weighted by atomic mass is 10.1. The second kappa shape index (κ2) is 9.38. The van der Waals surface area contributed by atoms with E-state index in [0.29, 0.717) is 30.1 Å². The third-order valence-electron chi connectivity index (χ3n) is 5.31. The van der Waals surface area contributed by atoms with Crippen molar-refractivity contribution in [2.24, 2.45) is 0 Å². The highest BCUT2D eigenvalue weighted by atomic mass is 32.2. The number of alkyl halides is 1. The normalized spacial score (nSPS) is 13.7. The van der Waals surface area contributed by atoms with Crippen LogP contribution in [0.3, 0.4) is 0 Å². The van der Waals surface area contributed by atoms with Crippen LogP contribution in [0.1, 0.15) is 34.2 Å². The molecule has 4 rings (SSSR count). The van der Waals surface area contributed by atoms with Crippen molar-refractivity contribution in [3.63, 3.8) is 0 Å². The first kappa shape index (κ1) is 23.6. The van der Waals surface area contributed by atoms with Crippen LogP contribution >= 0.6 is 0 Å². The van der Waals surface area contributed by atoms with Crippen molar-refractivity contribution in [3.8, 4) is 11.5 Å². The van der Waals surface area contributed by atoms with Crippen LogP contribution in [0.2, 0.25) is 0 Å². The van der Waals surface area contributed by atoms with Crippen molar-refractivity contribution in [2.45, 2.75) is 38.1 Å². The van der Waals surface area contributed by atoms with E-state index in [4.69, 9.17) is 19.0 Å². The molecule has 0 radical (unpaired) electrons. The number of sulfonamides is 1. The van der Waals surface area contributed by atoms with Crippen LogP contribution in [0.15, 0.2) is 58.0 Å². The Morgan fingerprint density at radius 3 is 2.56 bits per heavy atom. The number of ether oxygens (including phenoxy) is 2. The van der Waals surface area contributed by atoms with Gasteiger partial charge in [0.15, 0.2) is 0 Å². The molecule has 10 heteroatoms. The zero-order chi connectivity index (χ0) is 24.5. The standard InChI is InChI=1S/C24H24FNO7S/c1-15(25)13-26(34(29,30)23-8-3-16(2)33-23)20-11-19-9-10-31-21(19)12-22(20)32-14-17-4-6-18(7-5-17)24(27)28/h3-8,11-12,15H,9-10,13-14H2,1-2H3,(H,27,28). The Morgan fingerprint density at radius 2 is 1.94 bits per heavy atom. The number of aryl methyl sites for hydroxylation is 1. The molecule has 180 valence electrons. The summed E-state index contributed by atoms with van der Waals surface area (Å²) in [4.78, 5) is 11.1. The van der Waals surface area contributed by atoms with Gasteiger partial charge in [-0.15, -0.1) is 0 Å². The smallest absolute Gasteiger partial charge is 0.335 e. The Labute approximate surface area is 196 Å². The number of aromatic carboxylic acids is 1. The third kappa shape index (κ3) is 4.86. The number of hydrogen-bond donors (Lipinski definition) is 1. The van der Waals surface area contributed by atoms with Gasteiger partial charge in [0.1, 0.15) is 30.0 Å². The van der Waals surface area contributed by atoms with Gasteiger partial charge < -0.3 is 19.0 Å². The number of halogens is 1. The molecule has 3 aromatic rings. The van der Waals surface area contributed by atoms with Gasteiger partial charge in [0.05, 0.1) is 24.4 Å². The van der Waals surface area contributed by atoms with Crippen LogP contribution in [0.4, 0.5) is 10.1 Å². The van der Waals surface area contributed by atoms with Gasteiger partial charge in [-0.1, -0.05) is 12.1 Å². The summed E-state index contributed by atoms with van der Waals surface area (Å²) in [5.74, 6) is 0.130. The fourth-order valence-corrected chi connectivity index (χ4v) is 5.12. The SMILES string of the molecule is Cc1ccc(S(=O)(=O)N(CC(C)F)c2cc3c(cc2OCc2ccc(C(=O)O)cc2)OCC3)o1. The zero-order valence-electron chi connectivity index (χ0n) is 18.7. The third-order valence-corrected chi connectivity index (χ3v) is 6.97. The van der Waals surface area contributed by atoms with Gasteiger partial charge in [-0.2, -0.15) is 8.42 Å². The molecule has 0 spiro atoms. The number of benzene rings is 2. The summed E-state index contributed by atoms with van der Waals surface area (Å²) >= 11 is 0. The number of carbonyl (C=O) groups is 1. The predicted molar refractivity (Wildman–Crippen MR) is 122 cm³/mol. The zero-order valence-corrected chi connectivity index (χ0v) is 19.5. The molecule has 8 nitrogen and oxygen atoms in total. The van der Waals surface area contributed by atoms with Crippen LogP contribution in [0, 0.1) is 6.92 Å². The lowest BCUT2D eigenvalue weighted by Crippen LogP contribution is -2.35. The van der Waals surface area contributed by atoms with Gasteiger partial charge in [-0.05, 0) is 55.3 Å². The molecular weight excluding hydrogens is 465 g/mol. The molecule has 1 unspecified atom stereocenters. The highest BCUT2D eigenvalue weighted by Gasteiger charge is 2.33. The molecule has 1 N–H and O–H groups in total. The molecule has 0 amide bonds. The Hall–Kier alpha value is -3.53. The van der Waals surface area contributed by atoms with E-state index < -0.39 is 28.7 Å². The molecule has 0 saturated heterocycles. The minimum Gasteiger partial charge on any atom is -0.493 e. The largest absolute Gasteiger partial charge is 0.493 e. The first-order chi connectivity index (χ1) is 16.1. The average molecular weight is 490 g/mol. The number of rotatable bonds is 9. The van der Waals surface area contributed by atoms with Crippen LogP contribution in [0.25, 0.3) is 0 Å². The molecule has 34 heavy (non-hydrogen) atoms. The summed E-state index contributed by atoms with van der Waals surface area (Å²) in [6.45, 7) is 2.93. The summed E-state index contributed by atoms with van der Waals surface area (Å²) in [5.41, 5.74) is 1.77. The maximum Gasteiger partial charge on any atom is 0.335 e. The summed E-state index contributed by atoms with van der Waals surface area (Å²) < 4.78 is 59.0. The highest BCUT2D eigenvalue weighted by Crippen LogP contribution is 2.41. The molecular formula is C24H24FNO7S. The van der Waals surface area contributed by atoms with Crippen LogP contribution < -0.4 is 13.8 Å². The van der Waals surface area contributed by atoms with Gasteiger partial charge >= 0.3 is 5.97 Å². The summed E-state index contributed by atoms with van der Waals surface area (Å²) in [7, 11) is -4.23. The maximum atomic E-state index is 14.2. The van der Waals surface area contributed by atoms with Crippen molar-refractivity contribution in [3.05, 3.63) is 71.0 Å². The van der Waals surface area contributed by atoms with Crippen LogP contribution in [-0.2, 0) is 23.1 Å². The van der Waals surface area contributed by atoms with E-state index in [0.717, 1.165) is 9.87 Å². The van der Waals surface area contributed by atoms with Gasteiger partial charge in [0, 0.05) is 12.5 Å². The number of nitrogens with zero attached hydrogens (tertiary/aromatic N) is 1. The quantitative estimate of drug-likeness (QED) is 0.476. The Balaban J connectivity index is 1.73. The van der Waals surface area contributed by atoms with Crippen molar-refractivity contribution in [1.29, 1.82) is 0 Å². The summed E-state index contributed by atoms with van der Waals surface area (Å²) in [5, 5.41) is 8.77. The number of anilines is 1. The van der Waals surface area contributed by atoms with Gasteiger partial charge in [0.25, 0.3) is 10.0 Å². The maximum absolute atomic E-state index is 14.2. The fourth-order valence-electron chi connectivity index (χ4n) is 3.62. The fraction of sp³-hybridized carbons (Fsp3) is 0.292. The van der Waals surface area contributed by atoms with E-state index in [1.165, 1.54) is 31.2 Å². The molecule has 0 aliphatic carbocycles. The number of fused-ring (bicyclic) bond motifs is 1. The minimum atomic E-state index is -4.23. The topological polar surface area (TPSA) is 106 Å². The molecule has 2 aromatic carbocycles. The molecule has 1 aliphatic heterocycles. The van der Waals surface area contributed by atoms with Crippen molar-refractivity contribution < 1.29 is 36.6 Å². The number of hydrogen-bond acceptors (Lipinski definition) is 6. The van der Waals surface area contributed by atoms with Gasteiger partial charge in [-0.25, -0.2) is 9.18 Å². The first-order valence-corrected chi connectivity index (χ1v) is 12.1. The Kier molecular flexibility index (Phi) is 6.52.